The predicted molar refractivity (Wildman–Crippen MR) is 107 cm³/mol. The van der Waals surface area contributed by atoms with Gasteiger partial charge in [-0.3, -0.25) is 4.79 Å². The summed E-state index contributed by atoms with van der Waals surface area (Å²) in [6.45, 7) is 5.59. The van der Waals surface area contributed by atoms with Crippen molar-refractivity contribution in [2.24, 2.45) is 0 Å². The SMILES string of the molecule is COc1ccc(F)cc1C[NH+]1CC[NH+](CC(=O)NCc2ccc3c(c2)OCO3)CC1. The van der Waals surface area contributed by atoms with E-state index in [-0.39, 0.29) is 18.5 Å². The molecule has 3 N–H and O–H groups in total. The number of amides is 1. The van der Waals surface area contributed by atoms with E-state index in [1.165, 1.54) is 15.9 Å². The van der Waals surface area contributed by atoms with Crippen LogP contribution in [0.15, 0.2) is 36.4 Å². The molecule has 2 aliphatic heterocycles. The molecule has 0 radical (unpaired) electrons. The number of methoxy groups -OCH3 is 1. The van der Waals surface area contributed by atoms with Crippen LogP contribution in [0.3, 0.4) is 0 Å². The van der Waals surface area contributed by atoms with Gasteiger partial charge in [-0.05, 0) is 35.9 Å². The van der Waals surface area contributed by atoms with Crippen molar-refractivity contribution >= 4 is 5.91 Å². The van der Waals surface area contributed by atoms with Crippen LogP contribution in [0.2, 0.25) is 0 Å². The molecule has 160 valence electrons. The third kappa shape index (κ3) is 5.01. The van der Waals surface area contributed by atoms with E-state index in [1.807, 2.05) is 18.2 Å². The molecule has 0 atom stereocenters. The summed E-state index contributed by atoms with van der Waals surface area (Å²) in [4.78, 5) is 15.0. The average Bonchev–Trinajstić information content (AvgIpc) is 3.22. The maximum atomic E-state index is 13.6. The summed E-state index contributed by atoms with van der Waals surface area (Å²) in [7, 11) is 1.61. The van der Waals surface area contributed by atoms with Crippen LogP contribution in [0, 0.1) is 5.82 Å². The predicted octanol–water partition coefficient (Wildman–Crippen LogP) is -0.837. The summed E-state index contributed by atoms with van der Waals surface area (Å²) in [5.74, 6) is 1.99. The largest absolute Gasteiger partial charge is 0.496 e. The number of piperazine rings is 1. The lowest BCUT2D eigenvalue weighted by atomic mass is 10.1. The average molecular weight is 417 g/mol. The normalized spacial score (nSPS) is 20.1. The minimum atomic E-state index is -0.242. The number of rotatable bonds is 7. The summed E-state index contributed by atoms with van der Waals surface area (Å²) in [6.07, 6.45) is 0. The Morgan fingerprint density at radius 2 is 1.83 bits per heavy atom. The van der Waals surface area contributed by atoms with Crippen LogP contribution in [-0.4, -0.2) is 52.5 Å². The van der Waals surface area contributed by atoms with E-state index < -0.39 is 0 Å². The number of ether oxygens (including phenoxy) is 3. The highest BCUT2D eigenvalue weighted by Crippen LogP contribution is 2.32. The molecule has 30 heavy (non-hydrogen) atoms. The molecule has 2 heterocycles. The third-order valence-electron chi connectivity index (χ3n) is 5.68. The van der Waals surface area contributed by atoms with E-state index in [2.05, 4.69) is 5.32 Å². The van der Waals surface area contributed by atoms with Crippen molar-refractivity contribution in [3.63, 3.8) is 0 Å². The van der Waals surface area contributed by atoms with Gasteiger partial charge < -0.3 is 29.3 Å². The number of hydrogen-bond acceptors (Lipinski definition) is 4. The Balaban J connectivity index is 1.21. The number of halogens is 1. The van der Waals surface area contributed by atoms with Gasteiger partial charge in [0.1, 0.15) is 44.3 Å². The van der Waals surface area contributed by atoms with Crippen LogP contribution in [-0.2, 0) is 17.9 Å². The van der Waals surface area contributed by atoms with Crippen LogP contribution < -0.4 is 29.3 Å². The number of quaternary nitrogens is 2. The summed E-state index contributed by atoms with van der Waals surface area (Å²) in [5, 5.41) is 2.99. The van der Waals surface area contributed by atoms with Gasteiger partial charge in [-0.15, -0.1) is 0 Å². The summed E-state index contributed by atoms with van der Waals surface area (Å²) >= 11 is 0. The monoisotopic (exact) mass is 417 g/mol. The van der Waals surface area contributed by atoms with Gasteiger partial charge in [0.2, 0.25) is 6.79 Å². The fourth-order valence-electron chi connectivity index (χ4n) is 4.01. The Morgan fingerprint density at radius 3 is 2.63 bits per heavy atom. The molecule has 2 aliphatic rings. The fraction of sp³-hybridized carbons (Fsp3) is 0.409. The molecule has 0 aromatic heterocycles. The number of benzene rings is 2. The van der Waals surface area contributed by atoms with Gasteiger partial charge in [0, 0.05) is 6.54 Å². The molecule has 0 saturated carbocycles. The maximum absolute atomic E-state index is 13.6. The molecule has 1 amide bonds. The number of nitrogens with one attached hydrogen (secondary N) is 3. The van der Waals surface area contributed by atoms with Crippen LogP contribution in [0.25, 0.3) is 0 Å². The molecule has 7 nitrogen and oxygen atoms in total. The van der Waals surface area contributed by atoms with Gasteiger partial charge in [-0.25, -0.2) is 4.39 Å². The van der Waals surface area contributed by atoms with Gasteiger partial charge in [-0.2, -0.15) is 0 Å². The first-order chi connectivity index (χ1) is 14.6. The number of carbonyl (C=O) groups is 1. The molecular formula is C22H28FN3O4+2. The van der Waals surface area contributed by atoms with Crippen molar-refractivity contribution in [1.29, 1.82) is 0 Å². The number of fused-ring (bicyclic) bond motifs is 1. The second-order valence-corrected chi connectivity index (χ2v) is 7.77. The van der Waals surface area contributed by atoms with Crippen molar-refractivity contribution in [1.82, 2.24) is 5.32 Å². The zero-order valence-corrected chi connectivity index (χ0v) is 17.1. The van der Waals surface area contributed by atoms with E-state index in [1.54, 1.807) is 19.2 Å². The zero-order chi connectivity index (χ0) is 20.9. The lowest BCUT2D eigenvalue weighted by Crippen LogP contribution is -3.28. The number of carbonyl (C=O) groups excluding carboxylic acids is 1. The third-order valence-corrected chi connectivity index (χ3v) is 5.68. The van der Waals surface area contributed by atoms with Gasteiger partial charge in [0.15, 0.2) is 18.0 Å². The fourth-order valence-corrected chi connectivity index (χ4v) is 4.01. The van der Waals surface area contributed by atoms with Gasteiger partial charge >= 0.3 is 0 Å². The molecular weight excluding hydrogens is 389 g/mol. The maximum Gasteiger partial charge on any atom is 0.275 e. The summed E-state index contributed by atoms with van der Waals surface area (Å²) in [5.41, 5.74) is 1.87. The molecule has 1 saturated heterocycles. The van der Waals surface area contributed by atoms with Crippen molar-refractivity contribution in [3.8, 4) is 17.2 Å². The van der Waals surface area contributed by atoms with Crippen molar-refractivity contribution in [3.05, 3.63) is 53.3 Å². The molecule has 4 rings (SSSR count). The molecule has 2 aromatic carbocycles. The highest BCUT2D eigenvalue weighted by atomic mass is 19.1. The molecule has 1 fully saturated rings. The van der Waals surface area contributed by atoms with Crippen LogP contribution >= 0.6 is 0 Å². The van der Waals surface area contributed by atoms with Gasteiger partial charge in [-0.1, -0.05) is 6.07 Å². The summed E-state index contributed by atoms with van der Waals surface area (Å²) in [6, 6.07) is 10.3. The van der Waals surface area contributed by atoms with Crippen molar-refractivity contribution in [2.75, 3.05) is 46.6 Å². The van der Waals surface area contributed by atoms with Crippen LogP contribution in [0.1, 0.15) is 11.1 Å². The topological polar surface area (TPSA) is 65.7 Å². The second-order valence-electron chi connectivity index (χ2n) is 7.77. The Kier molecular flexibility index (Phi) is 6.35. The second kappa shape index (κ2) is 9.32. The highest BCUT2D eigenvalue weighted by molar-refractivity contribution is 5.76. The quantitative estimate of drug-likeness (QED) is 0.550. The molecule has 0 unspecified atom stereocenters. The van der Waals surface area contributed by atoms with E-state index in [0.717, 1.165) is 61.1 Å². The Hall–Kier alpha value is -2.84. The van der Waals surface area contributed by atoms with Gasteiger partial charge in [0.05, 0.1) is 12.7 Å². The minimum Gasteiger partial charge on any atom is -0.496 e. The standard InChI is InChI=1S/C22H26FN3O4/c1-28-19-5-3-18(23)11-17(19)13-25-6-8-26(9-7-25)14-22(27)24-12-16-2-4-20-21(10-16)30-15-29-20/h2-5,10-11H,6-9,12-15H2,1H3,(H,24,27)/p+2. The summed E-state index contributed by atoms with van der Waals surface area (Å²) < 4.78 is 29.6. The first-order valence-corrected chi connectivity index (χ1v) is 10.3. The molecule has 0 bridgehead atoms. The van der Waals surface area contributed by atoms with Crippen LogP contribution in [0.4, 0.5) is 4.39 Å². The zero-order valence-electron chi connectivity index (χ0n) is 17.1. The lowest BCUT2D eigenvalue weighted by molar-refractivity contribution is -1.02. The minimum absolute atomic E-state index is 0.0397. The van der Waals surface area contributed by atoms with Crippen molar-refractivity contribution in [2.45, 2.75) is 13.1 Å². The first kappa shape index (κ1) is 20.4. The van der Waals surface area contributed by atoms with E-state index in [4.69, 9.17) is 14.2 Å². The molecule has 2 aromatic rings. The Labute approximate surface area is 175 Å². The molecule has 0 aliphatic carbocycles. The molecule has 0 spiro atoms. The first-order valence-electron chi connectivity index (χ1n) is 10.3. The Morgan fingerprint density at radius 1 is 1.07 bits per heavy atom. The van der Waals surface area contributed by atoms with Gasteiger partial charge in [0.25, 0.3) is 5.91 Å². The van der Waals surface area contributed by atoms with E-state index >= 15 is 0 Å². The number of hydrogen-bond donors (Lipinski definition) is 3. The lowest BCUT2D eigenvalue weighted by Gasteiger charge is -2.29. The van der Waals surface area contributed by atoms with E-state index in [0.29, 0.717) is 13.1 Å². The molecule has 8 heteroatoms. The van der Waals surface area contributed by atoms with Crippen LogP contribution in [0.5, 0.6) is 17.2 Å². The Bertz CT molecular complexity index is 900. The smallest absolute Gasteiger partial charge is 0.275 e. The van der Waals surface area contributed by atoms with E-state index in [9.17, 15) is 9.18 Å². The van der Waals surface area contributed by atoms with Crippen molar-refractivity contribution < 1.29 is 33.2 Å². The highest BCUT2D eigenvalue weighted by Gasteiger charge is 2.25.